The molecule has 0 spiro atoms. The van der Waals surface area contributed by atoms with Crippen molar-refractivity contribution in [2.24, 2.45) is 5.92 Å². The first-order valence-corrected chi connectivity index (χ1v) is 12.7. The van der Waals surface area contributed by atoms with Crippen molar-refractivity contribution in [1.29, 1.82) is 0 Å². The molecule has 1 aliphatic rings. The van der Waals surface area contributed by atoms with Crippen LogP contribution in [0.1, 0.15) is 47.4 Å². The number of amides is 1. The summed E-state index contributed by atoms with van der Waals surface area (Å²) >= 11 is 1.73. The highest BCUT2D eigenvalue weighted by atomic mass is 32.1. The maximum absolute atomic E-state index is 13.0. The lowest BCUT2D eigenvalue weighted by atomic mass is 9.95. The molecular weight excluding hydrogens is 430 g/mol. The van der Waals surface area contributed by atoms with Crippen LogP contribution in [0.15, 0.2) is 30.6 Å². The second-order valence-electron chi connectivity index (χ2n) is 9.24. The zero-order valence-electron chi connectivity index (χ0n) is 20.4. The number of rotatable bonds is 7. The molecule has 0 radical (unpaired) electrons. The summed E-state index contributed by atoms with van der Waals surface area (Å²) in [7, 11) is 4.14. The van der Waals surface area contributed by atoms with Gasteiger partial charge in [0.1, 0.15) is 17.0 Å². The summed E-state index contributed by atoms with van der Waals surface area (Å²) in [5.41, 5.74) is 3.84. The molecule has 0 aliphatic carbocycles. The van der Waals surface area contributed by atoms with Crippen molar-refractivity contribution in [1.82, 2.24) is 20.2 Å². The molecule has 1 fully saturated rings. The molecule has 176 valence electrons. The fourth-order valence-corrected chi connectivity index (χ4v) is 5.66. The van der Waals surface area contributed by atoms with Gasteiger partial charge in [-0.25, -0.2) is 9.97 Å². The fourth-order valence-electron chi connectivity index (χ4n) is 4.67. The zero-order chi connectivity index (χ0) is 23.5. The van der Waals surface area contributed by atoms with E-state index >= 15 is 0 Å². The largest absolute Gasteiger partial charge is 0.356 e. The van der Waals surface area contributed by atoms with Crippen LogP contribution < -0.4 is 10.2 Å². The predicted molar refractivity (Wildman–Crippen MR) is 137 cm³/mol. The van der Waals surface area contributed by atoms with E-state index in [9.17, 15) is 4.79 Å². The molecule has 3 aromatic rings. The molecule has 0 saturated carbocycles. The van der Waals surface area contributed by atoms with Gasteiger partial charge in [-0.05, 0) is 63.9 Å². The third-order valence-corrected chi connectivity index (χ3v) is 8.09. The molecule has 1 N–H and O–H groups in total. The molecule has 3 heterocycles. The lowest BCUT2D eigenvalue weighted by Gasteiger charge is -2.33. The van der Waals surface area contributed by atoms with Crippen LogP contribution in [0.5, 0.6) is 0 Å². The van der Waals surface area contributed by atoms with Crippen LogP contribution >= 0.6 is 11.3 Å². The van der Waals surface area contributed by atoms with E-state index in [-0.39, 0.29) is 17.9 Å². The molecule has 4 rings (SSSR count). The number of benzene rings is 1. The molecule has 1 saturated heterocycles. The Kier molecular flexibility index (Phi) is 7.29. The average Bonchev–Trinajstić information content (AvgIpc) is 3.13. The van der Waals surface area contributed by atoms with Gasteiger partial charge in [0.05, 0.1) is 11.4 Å². The van der Waals surface area contributed by atoms with Crippen LogP contribution in [0, 0.1) is 19.8 Å². The van der Waals surface area contributed by atoms with Gasteiger partial charge in [-0.3, -0.25) is 4.79 Å². The van der Waals surface area contributed by atoms with Gasteiger partial charge >= 0.3 is 0 Å². The first-order valence-electron chi connectivity index (χ1n) is 11.9. The molecule has 1 aliphatic heterocycles. The summed E-state index contributed by atoms with van der Waals surface area (Å²) in [4.78, 5) is 28.9. The van der Waals surface area contributed by atoms with E-state index in [1.165, 1.54) is 27.0 Å². The molecule has 1 unspecified atom stereocenters. The van der Waals surface area contributed by atoms with Crippen LogP contribution in [-0.2, 0) is 11.2 Å². The van der Waals surface area contributed by atoms with Crippen molar-refractivity contribution in [2.45, 2.75) is 46.1 Å². The molecule has 1 aromatic carbocycles. The molecule has 2 aromatic heterocycles. The molecule has 0 bridgehead atoms. The smallest absolute Gasteiger partial charge is 0.223 e. The lowest BCUT2D eigenvalue weighted by Crippen LogP contribution is -2.43. The Balaban J connectivity index is 1.36. The minimum absolute atomic E-state index is 0.0502. The number of aromatic nitrogens is 2. The number of nitrogens with one attached hydrogen (secondary N) is 1. The third-order valence-electron chi connectivity index (χ3n) is 6.98. The lowest BCUT2D eigenvalue weighted by molar-refractivity contribution is -0.125. The van der Waals surface area contributed by atoms with Gasteiger partial charge in [0.15, 0.2) is 0 Å². The molecule has 7 heteroatoms. The van der Waals surface area contributed by atoms with Crippen molar-refractivity contribution in [2.75, 3.05) is 38.6 Å². The number of hydrogen-bond donors (Lipinski definition) is 1. The summed E-state index contributed by atoms with van der Waals surface area (Å²) in [6, 6.07) is 8.91. The summed E-state index contributed by atoms with van der Waals surface area (Å²) in [6.07, 6.45) is 4.39. The van der Waals surface area contributed by atoms with Gasteiger partial charge < -0.3 is 15.1 Å². The standard InChI is InChI=1S/C26H35N5OS/c1-6-19-7-9-20(10-8-19)22(30(4)5)15-27-25(32)21-11-13-31(14-12-21)24-23-17(2)18(3)33-26(23)29-16-28-24/h7-10,16,21-22H,6,11-15H2,1-5H3,(H,27,32). The van der Waals surface area contributed by atoms with E-state index in [1.807, 2.05) is 0 Å². The van der Waals surface area contributed by atoms with Crippen LogP contribution in [0.25, 0.3) is 10.2 Å². The minimum Gasteiger partial charge on any atom is -0.356 e. The number of fused-ring (bicyclic) bond motifs is 1. The van der Waals surface area contributed by atoms with Gasteiger partial charge in [0, 0.05) is 30.4 Å². The first-order chi connectivity index (χ1) is 15.9. The second-order valence-corrected chi connectivity index (χ2v) is 10.4. The van der Waals surface area contributed by atoms with Crippen LogP contribution in [0.3, 0.4) is 0 Å². The maximum atomic E-state index is 13.0. The Morgan fingerprint density at radius 3 is 2.52 bits per heavy atom. The normalized spacial score (nSPS) is 15.9. The van der Waals surface area contributed by atoms with Gasteiger partial charge in [-0.15, -0.1) is 11.3 Å². The number of piperidine rings is 1. The number of anilines is 1. The van der Waals surface area contributed by atoms with Gasteiger partial charge in [-0.2, -0.15) is 0 Å². The van der Waals surface area contributed by atoms with Crippen molar-refractivity contribution >= 4 is 33.3 Å². The summed E-state index contributed by atoms with van der Waals surface area (Å²) in [5, 5.41) is 4.41. The summed E-state index contributed by atoms with van der Waals surface area (Å²) in [6.45, 7) is 8.76. The monoisotopic (exact) mass is 465 g/mol. The highest BCUT2D eigenvalue weighted by molar-refractivity contribution is 7.18. The number of likely N-dealkylation sites (N-methyl/N-ethyl adjacent to an activating group) is 1. The topological polar surface area (TPSA) is 61.4 Å². The maximum Gasteiger partial charge on any atom is 0.223 e. The number of aryl methyl sites for hydroxylation is 3. The Hall–Kier alpha value is -2.51. The van der Waals surface area contributed by atoms with E-state index in [1.54, 1.807) is 17.7 Å². The number of carbonyl (C=O) groups is 1. The summed E-state index contributed by atoms with van der Waals surface area (Å²) < 4.78 is 0. The SMILES string of the molecule is CCc1ccc(C(CNC(=O)C2CCN(c3ncnc4sc(C)c(C)c34)CC2)N(C)C)cc1. The highest BCUT2D eigenvalue weighted by Gasteiger charge is 2.28. The number of carbonyl (C=O) groups excluding carboxylic acids is 1. The Labute approximate surface area is 201 Å². The van der Waals surface area contributed by atoms with Crippen molar-refractivity contribution in [3.05, 3.63) is 52.2 Å². The molecule has 1 amide bonds. The molecule has 6 nitrogen and oxygen atoms in total. The van der Waals surface area contributed by atoms with E-state index in [4.69, 9.17) is 0 Å². The molecule has 1 atom stereocenters. The van der Waals surface area contributed by atoms with Crippen LogP contribution in [0.4, 0.5) is 5.82 Å². The van der Waals surface area contributed by atoms with Gasteiger partial charge in [0.25, 0.3) is 0 Å². The van der Waals surface area contributed by atoms with E-state index in [2.05, 4.69) is 84.2 Å². The number of nitrogens with zero attached hydrogens (tertiary/aromatic N) is 4. The van der Waals surface area contributed by atoms with Crippen molar-refractivity contribution in [3.8, 4) is 0 Å². The Morgan fingerprint density at radius 1 is 1.18 bits per heavy atom. The van der Waals surface area contributed by atoms with E-state index < -0.39 is 0 Å². The average molecular weight is 466 g/mol. The Morgan fingerprint density at radius 2 is 1.88 bits per heavy atom. The molecular formula is C26H35N5OS. The second kappa shape index (κ2) is 10.2. The number of thiophene rings is 1. The molecule has 33 heavy (non-hydrogen) atoms. The predicted octanol–water partition coefficient (Wildman–Crippen LogP) is 4.51. The van der Waals surface area contributed by atoms with E-state index in [0.717, 1.165) is 43.0 Å². The minimum atomic E-state index is 0.0502. The third kappa shape index (κ3) is 5.04. The zero-order valence-corrected chi connectivity index (χ0v) is 21.2. The highest BCUT2D eigenvalue weighted by Crippen LogP contribution is 2.35. The summed E-state index contributed by atoms with van der Waals surface area (Å²) in [5.74, 6) is 1.24. The van der Waals surface area contributed by atoms with E-state index in [0.29, 0.717) is 6.54 Å². The van der Waals surface area contributed by atoms with Crippen molar-refractivity contribution < 1.29 is 4.79 Å². The van der Waals surface area contributed by atoms with Crippen LogP contribution in [-0.4, -0.2) is 54.5 Å². The quantitative estimate of drug-likeness (QED) is 0.556. The first kappa shape index (κ1) is 23.6. The van der Waals surface area contributed by atoms with Crippen LogP contribution in [0.2, 0.25) is 0 Å². The number of hydrogen-bond acceptors (Lipinski definition) is 6. The Bertz CT molecular complexity index is 1100. The fraction of sp³-hybridized carbons (Fsp3) is 0.500. The van der Waals surface area contributed by atoms with Crippen molar-refractivity contribution in [3.63, 3.8) is 0 Å². The van der Waals surface area contributed by atoms with Gasteiger partial charge in [-0.1, -0.05) is 31.2 Å². The van der Waals surface area contributed by atoms with Gasteiger partial charge in [0.2, 0.25) is 5.91 Å².